The topological polar surface area (TPSA) is 74.6 Å². The van der Waals surface area contributed by atoms with Gasteiger partial charge in [-0.25, -0.2) is 9.59 Å². The molecule has 0 unspecified atom stereocenters. The van der Waals surface area contributed by atoms with Crippen LogP contribution in [-0.4, -0.2) is 33.9 Å². The summed E-state index contributed by atoms with van der Waals surface area (Å²) >= 11 is 10.8. The number of aliphatic carboxylic acids is 2. The number of hydrogen-bond acceptors (Lipinski definition) is 2. The highest BCUT2D eigenvalue weighted by molar-refractivity contribution is 6.21. The van der Waals surface area contributed by atoms with Crippen molar-refractivity contribution in [3.05, 3.63) is 11.6 Å². The standard InChI is InChI=1S/C7H8Cl2O4/c8-2-4(3-9)5(7(12)13)1-6(10)11/h1,4H,2-3H2,(H,10,11)(H,12,13)/b5-1-. The number of alkyl halides is 2. The van der Waals surface area contributed by atoms with Gasteiger partial charge in [0.25, 0.3) is 0 Å². The zero-order valence-electron chi connectivity index (χ0n) is 6.54. The first-order valence-corrected chi connectivity index (χ1v) is 4.39. The van der Waals surface area contributed by atoms with Crippen molar-refractivity contribution < 1.29 is 19.8 Å². The first-order chi connectivity index (χ1) is 6.02. The maximum absolute atomic E-state index is 10.5. The molecule has 0 atom stereocenters. The fraction of sp³-hybridized carbons (Fsp3) is 0.429. The monoisotopic (exact) mass is 226 g/mol. The molecule has 0 rings (SSSR count). The lowest BCUT2D eigenvalue weighted by Crippen LogP contribution is -2.17. The van der Waals surface area contributed by atoms with E-state index in [0.717, 1.165) is 0 Å². The molecule has 0 bridgehead atoms. The third kappa shape index (κ3) is 4.15. The van der Waals surface area contributed by atoms with Crippen LogP contribution in [0.25, 0.3) is 0 Å². The van der Waals surface area contributed by atoms with Gasteiger partial charge in [0.15, 0.2) is 0 Å². The van der Waals surface area contributed by atoms with Crippen molar-refractivity contribution in [2.75, 3.05) is 11.8 Å². The average Bonchev–Trinajstić information content (AvgIpc) is 2.04. The zero-order valence-corrected chi connectivity index (χ0v) is 8.05. The van der Waals surface area contributed by atoms with Gasteiger partial charge < -0.3 is 10.2 Å². The van der Waals surface area contributed by atoms with Crippen molar-refractivity contribution in [3.8, 4) is 0 Å². The summed E-state index contributed by atoms with van der Waals surface area (Å²) in [6.07, 6.45) is 0.609. The minimum atomic E-state index is -1.32. The second-order valence-electron chi connectivity index (χ2n) is 2.25. The highest BCUT2D eigenvalue weighted by atomic mass is 35.5. The second-order valence-corrected chi connectivity index (χ2v) is 2.87. The van der Waals surface area contributed by atoms with Crippen LogP contribution in [0.2, 0.25) is 0 Å². The van der Waals surface area contributed by atoms with Gasteiger partial charge in [0, 0.05) is 29.3 Å². The Morgan fingerprint density at radius 1 is 1.23 bits per heavy atom. The van der Waals surface area contributed by atoms with Crippen LogP contribution in [0.3, 0.4) is 0 Å². The summed E-state index contributed by atoms with van der Waals surface area (Å²) in [5.74, 6) is -3.31. The molecule has 0 heterocycles. The van der Waals surface area contributed by atoms with Crippen LogP contribution in [0.4, 0.5) is 0 Å². The Balaban J connectivity index is 4.78. The Morgan fingerprint density at radius 3 is 1.92 bits per heavy atom. The largest absolute Gasteiger partial charge is 0.478 e. The van der Waals surface area contributed by atoms with E-state index in [1.54, 1.807) is 0 Å². The third-order valence-corrected chi connectivity index (χ3v) is 2.08. The summed E-state index contributed by atoms with van der Waals surface area (Å²) in [4.78, 5) is 20.8. The number of rotatable bonds is 5. The van der Waals surface area contributed by atoms with Crippen molar-refractivity contribution in [3.63, 3.8) is 0 Å². The third-order valence-electron chi connectivity index (χ3n) is 1.34. The quantitative estimate of drug-likeness (QED) is 0.546. The SMILES string of the molecule is O=C(O)/C=C(\C(=O)O)C(CCl)CCl. The van der Waals surface area contributed by atoms with Crippen LogP contribution < -0.4 is 0 Å². The van der Waals surface area contributed by atoms with Crippen LogP contribution in [0.5, 0.6) is 0 Å². The lowest BCUT2D eigenvalue weighted by atomic mass is 10.0. The predicted molar refractivity (Wildman–Crippen MR) is 48.3 cm³/mol. The summed E-state index contributed by atoms with van der Waals surface area (Å²) < 4.78 is 0. The molecule has 0 amide bonds. The molecule has 0 radical (unpaired) electrons. The molecule has 0 aliphatic heterocycles. The van der Waals surface area contributed by atoms with E-state index in [4.69, 9.17) is 33.4 Å². The Hall–Kier alpha value is -0.740. The minimum absolute atomic E-state index is 0.0189. The van der Waals surface area contributed by atoms with Gasteiger partial charge in [-0.05, 0) is 0 Å². The van der Waals surface area contributed by atoms with Crippen LogP contribution in [0, 0.1) is 5.92 Å². The molecule has 0 saturated heterocycles. The molecule has 0 aromatic heterocycles. The molecule has 0 aromatic rings. The van der Waals surface area contributed by atoms with Crippen LogP contribution in [-0.2, 0) is 9.59 Å². The molecule has 0 aliphatic rings. The van der Waals surface area contributed by atoms with Gasteiger partial charge in [0.05, 0.1) is 0 Å². The minimum Gasteiger partial charge on any atom is -0.478 e. The fourth-order valence-electron chi connectivity index (χ4n) is 0.695. The normalized spacial score (nSPS) is 11.8. The first kappa shape index (κ1) is 12.3. The maximum atomic E-state index is 10.5. The molecule has 74 valence electrons. The molecule has 0 fully saturated rings. The Labute approximate surface area is 84.8 Å². The van der Waals surface area contributed by atoms with E-state index in [9.17, 15) is 9.59 Å². The van der Waals surface area contributed by atoms with Crippen molar-refractivity contribution in [1.82, 2.24) is 0 Å². The van der Waals surface area contributed by atoms with Gasteiger partial charge in [0.1, 0.15) is 0 Å². The predicted octanol–water partition coefficient (Wildman–Crippen LogP) is 1.18. The summed E-state index contributed by atoms with van der Waals surface area (Å²) in [7, 11) is 0. The van der Waals surface area contributed by atoms with E-state index in [1.165, 1.54) is 0 Å². The number of carbonyl (C=O) groups is 2. The van der Waals surface area contributed by atoms with E-state index in [-0.39, 0.29) is 17.3 Å². The lowest BCUT2D eigenvalue weighted by molar-refractivity contribution is -0.135. The number of halogens is 2. The van der Waals surface area contributed by atoms with Crippen LogP contribution in [0.1, 0.15) is 0 Å². The fourth-order valence-corrected chi connectivity index (χ4v) is 1.36. The van der Waals surface area contributed by atoms with Crippen LogP contribution in [0.15, 0.2) is 11.6 Å². The average molecular weight is 227 g/mol. The summed E-state index contributed by atoms with van der Waals surface area (Å²) in [6.45, 7) is 0. The molecule has 0 saturated carbocycles. The van der Waals surface area contributed by atoms with Gasteiger partial charge in [-0.15, -0.1) is 23.2 Å². The molecule has 6 heteroatoms. The Bertz CT molecular complexity index is 233. The van der Waals surface area contributed by atoms with E-state index >= 15 is 0 Å². The summed E-state index contributed by atoms with van der Waals surface area (Å²) in [5, 5.41) is 17.0. The number of carboxylic acids is 2. The number of hydrogen-bond donors (Lipinski definition) is 2. The molecule has 13 heavy (non-hydrogen) atoms. The number of carboxylic acid groups (broad SMARTS) is 2. The molecular formula is C7H8Cl2O4. The van der Waals surface area contributed by atoms with Gasteiger partial charge in [0.2, 0.25) is 0 Å². The molecule has 4 nitrogen and oxygen atoms in total. The van der Waals surface area contributed by atoms with Gasteiger partial charge >= 0.3 is 11.9 Å². The maximum Gasteiger partial charge on any atom is 0.332 e. The summed E-state index contributed by atoms with van der Waals surface area (Å²) in [6, 6.07) is 0. The highest BCUT2D eigenvalue weighted by Crippen LogP contribution is 2.15. The van der Waals surface area contributed by atoms with E-state index in [0.29, 0.717) is 6.08 Å². The second kappa shape index (κ2) is 5.83. The van der Waals surface area contributed by atoms with Gasteiger partial charge in [-0.3, -0.25) is 0 Å². The highest BCUT2D eigenvalue weighted by Gasteiger charge is 2.19. The zero-order chi connectivity index (χ0) is 10.4. The van der Waals surface area contributed by atoms with Crippen molar-refractivity contribution in [1.29, 1.82) is 0 Å². The van der Waals surface area contributed by atoms with Crippen molar-refractivity contribution in [2.45, 2.75) is 0 Å². The lowest BCUT2D eigenvalue weighted by Gasteiger charge is -2.09. The molecule has 0 aromatic carbocycles. The molecule has 2 N–H and O–H groups in total. The Morgan fingerprint density at radius 2 is 1.69 bits per heavy atom. The molecule has 0 aliphatic carbocycles. The molecular weight excluding hydrogens is 219 g/mol. The smallest absolute Gasteiger partial charge is 0.332 e. The van der Waals surface area contributed by atoms with E-state index in [2.05, 4.69) is 0 Å². The van der Waals surface area contributed by atoms with Gasteiger partial charge in [-0.1, -0.05) is 0 Å². The van der Waals surface area contributed by atoms with Gasteiger partial charge in [-0.2, -0.15) is 0 Å². The van der Waals surface area contributed by atoms with Crippen molar-refractivity contribution in [2.24, 2.45) is 5.92 Å². The molecule has 0 spiro atoms. The van der Waals surface area contributed by atoms with Crippen LogP contribution >= 0.6 is 23.2 Å². The van der Waals surface area contributed by atoms with E-state index < -0.39 is 17.9 Å². The van der Waals surface area contributed by atoms with Crippen molar-refractivity contribution >= 4 is 35.1 Å². The Kier molecular flexibility index (Phi) is 5.50. The summed E-state index contributed by atoms with van der Waals surface area (Å²) in [5.41, 5.74) is -0.280. The van der Waals surface area contributed by atoms with E-state index in [1.807, 2.05) is 0 Å². The first-order valence-electron chi connectivity index (χ1n) is 3.32.